The van der Waals surface area contributed by atoms with Crippen molar-refractivity contribution in [2.75, 3.05) is 7.05 Å². The third kappa shape index (κ3) is 1.14. The first kappa shape index (κ1) is 8.96. The summed E-state index contributed by atoms with van der Waals surface area (Å²) < 4.78 is 0. The summed E-state index contributed by atoms with van der Waals surface area (Å²) in [6.07, 6.45) is 5.47. The molecule has 1 aliphatic carbocycles. The van der Waals surface area contributed by atoms with E-state index in [0.717, 1.165) is 6.42 Å². The van der Waals surface area contributed by atoms with Gasteiger partial charge in [-0.05, 0) is 25.0 Å². The number of nitrogens with zero attached hydrogens (tertiary/aromatic N) is 2. The second-order valence-corrected chi connectivity index (χ2v) is 4.76. The highest BCUT2D eigenvalue weighted by molar-refractivity contribution is 5.42. The van der Waals surface area contributed by atoms with E-state index in [-0.39, 0.29) is 0 Å². The number of allylic oxidation sites excluding steroid dienone is 1. The first-order valence-electron chi connectivity index (χ1n) is 5.53. The number of pyridine rings is 1. The predicted octanol–water partition coefficient (Wildman–Crippen LogP) is 2.25. The van der Waals surface area contributed by atoms with Crippen LogP contribution in [-0.4, -0.2) is 23.0 Å². The maximum atomic E-state index is 4.54. The lowest BCUT2D eigenvalue weighted by Gasteiger charge is -2.22. The Bertz CT molecular complexity index is 448. The van der Waals surface area contributed by atoms with Gasteiger partial charge in [0.25, 0.3) is 0 Å². The Morgan fingerprint density at radius 1 is 1.40 bits per heavy atom. The molecule has 0 amide bonds. The van der Waals surface area contributed by atoms with E-state index < -0.39 is 0 Å². The van der Waals surface area contributed by atoms with Crippen LogP contribution < -0.4 is 0 Å². The van der Waals surface area contributed by atoms with Gasteiger partial charge in [-0.3, -0.25) is 4.98 Å². The Labute approximate surface area is 90.6 Å². The van der Waals surface area contributed by atoms with Crippen LogP contribution in [0.2, 0.25) is 0 Å². The molecule has 0 bridgehead atoms. The molecule has 0 spiro atoms. The molecule has 2 unspecified atom stereocenters. The molecule has 15 heavy (non-hydrogen) atoms. The van der Waals surface area contributed by atoms with Crippen molar-refractivity contribution in [2.45, 2.75) is 32.2 Å². The lowest BCUT2D eigenvalue weighted by atomic mass is 10.0. The molecule has 3 rings (SSSR count). The Morgan fingerprint density at radius 3 is 3.00 bits per heavy atom. The van der Waals surface area contributed by atoms with Gasteiger partial charge in [-0.2, -0.15) is 0 Å². The Balaban J connectivity index is 2.10. The molecule has 1 aliphatic heterocycles. The molecule has 2 heterocycles. The molecule has 2 nitrogen and oxygen atoms in total. The van der Waals surface area contributed by atoms with Crippen molar-refractivity contribution < 1.29 is 0 Å². The number of fused-ring (bicyclic) bond motifs is 3. The highest BCUT2D eigenvalue weighted by Crippen LogP contribution is 2.42. The summed E-state index contributed by atoms with van der Waals surface area (Å²) in [6.45, 7) is 4.32. The van der Waals surface area contributed by atoms with E-state index in [1.807, 2.05) is 6.20 Å². The van der Waals surface area contributed by atoms with Crippen molar-refractivity contribution in [1.82, 2.24) is 9.88 Å². The average molecular weight is 200 g/mol. The van der Waals surface area contributed by atoms with Gasteiger partial charge in [-0.25, -0.2) is 0 Å². The van der Waals surface area contributed by atoms with Gasteiger partial charge in [-0.1, -0.05) is 12.1 Å². The van der Waals surface area contributed by atoms with E-state index in [0.29, 0.717) is 12.0 Å². The lowest BCUT2D eigenvalue weighted by Crippen LogP contribution is -2.27. The van der Waals surface area contributed by atoms with Gasteiger partial charge in [0.05, 0.1) is 0 Å². The molecule has 0 saturated carbocycles. The zero-order valence-corrected chi connectivity index (χ0v) is 9.49. The summed E-state index contributed by atoms with van der Waals surface area (Å²) in [5.41, 5.74) is 5.42. The monoisotopic (exact) mass is 200 g/mol. The van der Waals surface area contributed by atoms with Crippen molar-refractivity contribution in [3.8, 4) is 0 Å². The maximum Gasteiger partial charge on any atom is 0.0463 e. The van der Waals surface area contributed by atoms with Crippen LogP contribution in [0.5, 0.6) is 0 Å². The third-order valence-electron chi connectivity index (χ3n) is 3.79. The van der Waals surface area contributed by atoms with Gasteiger partial charge >= 0.3 is 0 Å². The Kier molecular flexibility index (Phi) is 1.70. The van der Waals surface area contributed by atoms with E-state index in [4.69, 9.17) is 0 Å². The number of hydrogen-bond donors (Lipinski definition) is 0. The molecule has 2 heteroatoms. The fourth-order valence-electron chi connectivity index (χ4n) is 2.83. The number of rotatable bonds is 0. The van der Waals surface area contributed by atoms with Crippen LogP contribution in [0, 0.1) is 6.92 Å². The van der Waals surface area contributed by atoms with E-state index in [1.54, 1.807) is 0 Å². The van der Waals surface area contributed by atoms with Crippen LogP contribution in [0.3, 0.4) is 0 Å². The Hall–Kier alpha value is -1.31. The molecule has 2 aliphatic rings. The fourth-order valence-corrected chi connectivity index (χ4v) is 2.83. The topological polar surface area (TPSA) is 16.1 Å². The maximum absolute atomic E-state index is 4.54. The van der Waals surface area contributed by atoms with Crippen LogP contribution >= 0.6 is 0 Å². The van der Waals surface area contributed by atoms with Crippen molar-refractivity contribution in [2.24, 2.45) is 0 Å². The summed E-state index contributed by atoms with van der Waals surface area (Å²) in [7, 11) is 2.19. The molecule has 78 valence electrons. The summed E-state index contributed by atoms with van der Waals surface area (Å²) in [6, 6.07) is 2.92. The quantitative estimate of drug-likeness (QED) is 0.638. The van der Waals surface area contributed by atoms with Gasteiger partial charge in [0.2, 0.25) is 0 Å². The third-order valence-corrected chi connectivity index (χ3v) is 3.79. The van der Waals surface area contributed by atoms with E-state index in [9.17, 15) is 0 Å². The van der Waals surface area contributed by atoms with Gasteiger partial charge in [0.1, 0.15) is 0 Å². The summed E-state index contributed by atoms with van der Waals surface area (Å²) in [5.74, 6) is 0.581. The zero-order valence-electron chi connectivity index (χ0n) is 9.49. The number of likely N-dealkylation sites (N-methyl/N-ethyl adjacent to an activating group) is 1. The van der Waals surface area contributed by atoms with Crippen molar-refractivity contribution in [1.29, 1.82) is 0 Å². The molecule has 0 saturated heterocycles. The molecule has 0 N–H and O–H groups in total. The van der Waals surface area contributed by atoms with Crippen LogP contribution in [0.15, 0.2) is 24.0 Å². The molecule has 2 atom stereocenters. The standard InChI is InChI=1S/C13H16N2/c1-8-4-10-11-5-9(2)15(3)13(11)6-12(10)14-7-8/h4-5,7,11,13H,6H2,1-3H3. The molecule has 0 aromatic carbocycles. The Morgan fingerprint density at radius 2 is 2.20 bits per heavy atom. The molecule has 0 fully saturated rings. The van der Waals surface area contributed by atoms with Crippen LogP contribution in [-0.2, 0) is 6.42 Å². The zero-order chi connectivity index (χ0) is 10.6. The minimum atomic E-state index is 0.581. The molecule has 0 radical (unpaired) electrons. The van der Waals surface area contributed by atoms with E-state index >= 15 is 0 Å². The van der Waals surface area contributed by atoms with Crippen LogP contribution in [0.1, 0.15) is 29.7 Å². The minimum Gasteiger partial charge on any atom is -0.374 e. The van der Waals surface area contributed by atoms with Crippen LogP contribution in [0.25, 0.3) is 0 Å². The van der Waals surface area contributed by atoms with Gasteiger partial charge in [0.15, 0.2) is 0 Å². The van der Waals surface area contributed by atoms with Gasteiger partial charge in [0, 0.05) is 43.0 Å². The smallest absolute Gasteiger partial charge is 0.0463 e. The summed E-state index contributed by atoms with van der Waals surface area (Å²) >= 11 is 0. The van der Waals surface area contributed by atoms with Crippen molar-refractivity contribution in [3.63, 3.8) is 0 Å². The largest absolute Gasteiger partial charge is 0.374 e. The minimum absolute atomic E-state index is 0.581. The van der Waals surface area contributed by atoms with Crippen molar-refractivity contribution in [3.05, 3.63) is 40.9 Å². The average Bonchev–Trinajstić information content (AvgIpc) is 2.67. The highest BCUT2D eigenvalue weighted by Gasteiger charge is 2.38. The SMILES string of the molecule is CC1=CC2c3cc(C)cnc3CC2N1C. The number of aryl methyl sites for hydroxylation is 1. The summed E-state index contributed by atoms with van der Waals surface area (Å²) in [4.78, 5) is 6.94. The van der Waals surface area contributed by atoms with E-state index in [1.165, 1.54) is 22.5 Å². The first-order valence-corrected chi connectivity index (χ1v) is 5.53. The molecular weight excluding hydrogens is 184 g/mol. The predicted molar refractivity (Wildman–Crippen MR) is 60.7 cm³/mol. The number of aromatic nitrogens is 1. The normalized spacial score (nSPS) is 27.7. The second kappa shape index (κ2) is 2.84. The lowest BCUT2D eigenvalue weighted by molar-refractivity contribution is 0.327. The molecular formula is C13H16N2. The highest BCUT2D eigenvalue weighted by atomic mass is 15.2. The molecule has 1 aromatic heterocycles. The molecule has 1 aromatic rings. The van der Waals surface area contributed by atoms with Gasteiger partial charge < -0.3 is 4.90 Å². The first-order chi connectivity index (χ1) is 7.16. The number of hydrogen-bond acceptors (Lipinski definition) is 2. The van der Waals surface area contributed by atoms with Gasteiger partial charge in [-0.15, -0.1) is 0 Å². The fraction of sp³-hybridized carbons (Fsp3) is 0.462. The summed E-state index contributed by atoms with van der Waals surface area (Å²) in [5, 5.41) is 0. The van der Waals surface area contributed by atoms with Crippen molar-refractivity contribution >= 4 is 0 Å². The second-order valence-electron chi connectivity index (χ2n) is 4.76. The van der Waals surface area contributed by atoms with Crippen LogP contribution in [0.4, 0.5) is 0 Å². The van der Waals surface area contributed by atoms with E-state index in [2.05, 4.69) is 42.9 Å².